The van der Waals surface area contributed by atoms with Crippen LogP contribution < -0.4 is 10.6 Å². The van der Waals surface area contributed by atoms with Gasteiger partial charge in [0.25, 0.3) is 0 Å². The molecule has 0 spiro atoms. The highest BCUT2D eigenvalue weighted by Crippen LogP contribution is 2.19. The Bertz CT molecular complexity index is 416. The number of rotatable bonds is 5. The molecule has 0 fully saturated rings. The van der Waals surface area contributed by atoms with Crippen molar-refractivity contribution in [3.8, 4) is 0 Å². The molecule has 0 aliphatic carbocycles. The number of benzene rings is 1. The van der Waals surface area contributed by atoms with E-state index >= 15 is 0 Å². The van der Waals surface area contributed by atoms with Crippen LogP contribution in [0, 0.1) is 0 Å². The first-order valence-corrected chi connectivity index (χ1v) is 7.44. The molecule has 1 aromatic rings. The highest BCUT2D eigenvalue weighted by molar-refractivity contribution is 7.99. The third-order valence-corrected chi connectivity index (χ3v) is 4.13. The highest BCUT2D eigenvalue weighted by atomic mass is 32.2. The molecule has 19 heavy (non-hydrogen) atoms. The number of thioether (sulfide) groups is 1. The van der Waals surface area contributed by atoms with Crippen LogP contribution in [-0.2, 0) is 0 Å². The van der Waals surface area contributed by atoms with Gasteiger partial charge in [-0.05, 0) is 44.7 Å². The fourth-order valence-electron chi connectivity index (χ4n) is 1.39. The van der Waals surface area contributed by atoms with Crippen LogP contribution in [0.4, 0.5) is 10.5 Å². The zero-order chi connectivity index (χ0) is 14.5. The lowest BCUT2D eigenvalue weighted by molar-refractivity contribution is 0.199. The van der Waals surface area contributed by atoms with Crippen molar-refractivity contribution in [3.05, 3.63) is 29.8 Å². The van der Waals surface area contributed by atoms with Crippen molar-refractivity contribution in [2.75, 3.05) is 18.1 Å². The van der Waals surface area contributed by atoms with Crippen molar-refractivity contribution in [1.29, 1.82) is 0 Å². The van der Waals surface area contributed by atoms with Crippen LogP contribution in [0.2, 0.25) is 0 Å². The van der Waals surface area contributed by atoms with Gasteiger partial charge in [0, 0.05) is 17.0 Å². The third-order valence-electron chi connectivity index (χ3n) is 2.88. The van der Waals surface area contributed by atoms with Crippen molar-refractivity contribution in [2.45, 2.75) is 31.6 Å². The number of aliphatic hydroxyl groups excluding tert-OH is 1. The summed E-state index contributed by atoms with van der Waals surface area (Å²) in [6.45, 7) is 6.47. The number of carbonyl (C=O) groups excluding carboxylic acids is 1. The average molecular weight is 282 g/mol. The molecule has 0 bridgehead atoms. The number of hydrogen-bond acceptors (Lipinski definition) is 3. The normalized spacial score (nSPS) is 12.9. The molecule has 0 aromatic heterocycles. The topological polar surface area (TPSA) is 61.4 Å². The van der Waals surface area contributed by atoms with E-state index in [1.54, 1.807) is 43.0 Å². The minimum Gasteiger partial charge on any atom is -0.389 e. The predicted molar refractivity (Wildman–Crippen MR) is 81.7 cm³/mol. The molecule has 0 aliphatic rings. The minimum absolute atomic E-state index is 0.0213. The van der Waals surface area contributed by atoms with Gasteiger partial charge < -0.3 is 15.7 Å². The van der Waals surface area contributed by atoms with E-state index in [4.69, 9.17) is 0 Å². The van der Waals surface area contributed by atoms with Gasteiger partial charge in [-0.1, -0.05) is 12.1 Å². The Balaban J connectivity index is 2.48. The van der Waals surface area contributed by atoms with E-state index < -0.39 is 6.10 Å². The van der Waals surface area contributed by atoms with Gasteiger partial charge in [-0.3, -0.25) is 0 Å². The molecule has 1 unspecified atom stereocenters. The first-order valence-electron chi connectivity index (χ1n) is 6.22. The van der Waals surface area contributed by atoms with Gasteiger partial charge >= 0.3 is 6.03 Å². The quantitative estimate of drug-likeness (QED) is 0.778. The second-order valence-corrected chi connectivity index (χ2v) is 6.58. The number of carbonyl (C=O) groups is 1. The second-order valence-electron chi connectivity index (χ2n) is 5.07. The van der Waals surface area contributed by atoms with Crippen LogP contribution in [0.25, 0.3) is 0 Å². The Labute approximate surface area is 119 Å². The van der Waals surface area contributed by atoms with E-state index in [2.05, 4.69) is 24.5 Å². The molecule has 4 nitrogen and oxygen atoms in total. The molecule has 5 heteroatoms. The predicted octanol–water partition coefficient (Wildman–Crippen LogP) is 3.00. The Hall–Kier alpha value is -1.20. The van der Waals surface area contributed by atoms with E-state index in [0.717, 1.165) is 5.56 Å². The van der Waals surface area contributed by atoms with Gasteiger partial charge in [0.15, 0.2) is 0 Å². The van der Waals surface area contributed by atoms with Gasteiger partial charge in [0.2, 0.25) is 0 Å². The highest BCUT2D eigenvalue weighted by Gasteiger charge is 2.16. The first kappa shape index (κ1) is 15.9. The number of amides is 2. The summed E-state index contributed by atoms with van der Waals surface area (Å²) in [4.78, 5) is 11.7. The summed E-state index contributed by atoms with van der Waals surface area (Å²) in [7, 11) is 0. The first-order chi connectivity index (χ1) is 8.84. The maximum absolute atomic E-state index is 11.7. The lowest BCUT2D eigenvalue weighted by atomic mass is 10.1. The van der Waals surface area contributed by atoms with E-state index in [1.165, 1.54) is 0 Å². The molecule has 0 saturated carbocycles. The van der Waals surface area contributed by atoms with Crippen LogP contribution in [0.3, 0.4) is 0 Å². The number of hydrogen-bond donors (Lipinski definition) is 3. The van der Waals surface area contributed by atoms with Crippen molar-refractivity contribution in [3.63, 3.8) is 0 Å². The molecular formula is C14H22N2O2S. The standard InChI is InChI=1S/C14H22N2O2S/c1-10(17)11-5-7-12(8-6-11)16-13(18)15-9-14(2,3)19-4/h5-8,10,17H,9H2,1-4H3,(H2,15,16,18). The van der Waals surface area contributed by atoms with Gasteiger partial charge in [-0.25, -0.2) is 4.79 Å². The lowest BCUT2D eigenvalue weighted by Crippen LogP contribution is -2.38. The van der Waals surface area contributed by atoms with Gasteiger partial charge in [-0.15, -0.1) is 0 Å². The molecule has 0 saturated heterocycles. The molecule has 106 valence electrons. The van der Waals surface area contributed by atoms with Crippen LogP contribution in [0.1, 0.15) is 32.4 Å². The van der Waals surface area contributed by atoms with Gasteiger partial charge in [-0.2, -0.15) is 11.8 Å². The average Bonchev–Trinajstić information content (AvgIpc) is 2.37. The lowest BCUT2D eigenvalue weighted by Gasteiger charge is -2.22. The molecule has 1 aromatic carbocycles. The summed E-state index contributed by atoms with van der Waals surface area (Å²) < 4.78 is 0.0213. The van der Waals surface area contributed by atoms with Crippen LogP contribution >= 0.6 is 11.8 Å². The SMILES string of the molecule is CSC(C)(C)CNC(=O)Nc1ccc(C(C)O)cc1. The Kier molecular flexibility index (Phi) is 5.69. The van der Waals surface area contributed by atoms with E-state index in [0.29, 0.717) is 12.2 Å². The molecule has 0 aliphatic heterocycles. The largest absolute Gasteiger partial charge is 0.389 e. The number of nitrogens with one attached hydrogen (secondary N) is 2. The van der Waals surface area contributed by atoms with E-state index in [-0.39, 0.29) is 10.8 Å². The second kappa shape index (κ2) is 6.82. The van der Waals surface area contributed by atoms with E-state index in [1.807, 2.05) is 6.26 Å². The minimum atomic E-state index is -0.495. The maximum Gasteiger partial charge on any atom is 0.319 e. The molecule has 1 rings (SSSR count). The van der Waals surface area contributed by atoms with E-state index in [9.17, 15) is 9.90 Å². The maximum atomic E-state index is 11.7. The fourth-order valence-corrected chi connectivity index (χ4v) is 1.60. The molecule has 2 amide bonds. The molecule has 0 radical (unpaired) electrons. The zero-order valence-electron chi connectivity index (χ0n) is 11.9. The smallest absolute Gasteiger partial charge is 0.319 e. The number of anilines is 1. The van der Waals surface area contributed by atoms with Crippen LogP contribution in [0.15, 0.2) is 24.3 Å². The van der Waals surface area contributed by atoms with Crippen LogP contribution in [-0.4, -0.2) is 28.7 Å². The summed E-state index contributed by atoms with van der Waals surface area (Å²) in [6.07, 6.45) is 1.53. The van der Waals surface area contributed by atoms with Crippen molar-refractivity contribution in [1.82, 2.24) is 5.32 Å². The van der Waals surface area contributed by atoms with Gasteiger partial charge in [0.05, 0.1) is 6.10 Å². The number of urea groups is 1. The molecule has 1 atom stereocenters. The fraction of sp³-hybridized carbons (Fsp3) is 0.500. The van der Waals surface area contributed by atoms with Crippen molar-refractivity contribution in [2.24, 2.45) is 0 Å². The molecule has 0 heterocycles. The van der Waals surface area contributed by atoms with Crippen molar-refractivity contribution < 1.29 is 9.90 Å². The Morgan fingerprint density at radius 3 is 2.42 bits per heavy atom. The Morgan fingerprint density at radius 1 is 1.37 bits per heavy atom. The monoisotopic (exact) mass is 282 g/mol. The number of aliphatic hydroxyl groups is 1. The third kappa shape index (κ3) is 5.53. The molecule has 3 N–H and O–H groups in total. The zero-order valence-corrected chi connectivity index (χ0v) is 12.7. The summed E-state index contributed by atoms with van der Waals surface area (Å²) in [5.74, 6) is 0. The molecular weight excluding hydrogens is 260 g/mol. The van der Waals surface area contributed by atoms with Crippen molar-refractivity contribution >= 4 is 23.5 Å². The van der Waals surface area contributed by atoms with Gasteiger partial charge in [0.1, 0.15) is 0 Å². The summed E-state index contributed by atoms with van der Waals surface area (Å²) in [5, 5.41) is 15.0. The summed E-state index contributed by atoms with van der Waals surface area (Å²) in [6, 6.07) is 6.94. The van der Waals surface area contributed by atoms with Crippen LogP contribution in [0.5, 0.6) is 0 Å². The Morgan fingerprint density at radius 2 is 1.95 bits per heavy atom. The summed E-state index contributed by atoms with van der Waals surface area (Å²) >= 11 is 1.71. The summed E-state index contributed by atoms with van der Waals surface area (Å²) in [5.41, 5.74) is 1.54.